The van der Waals surface area contributed by atoms with Crippen molar-refractivity contribution >= 4 is 22.6 Å². The van der Waals surface area contributed by atoms with E-state index in [1.165, 1.54) is 6.20 Å². The van der Waals surface area contributed by atoms with Gasteiger partial charge in [-0.05, 0) is 31.5 Å². The number of aromatic carboxylic acids is 1. The first kappa shape index (κ1) is 14.6. The molecular weight excluding hydrogens is 282 g/mol. The zero-order chi connectivity index (χ0) is 15.9. The average molecular weight is 301 g/mol. The molecule has 2 aromatic rings. The van der Waals surface area contributed by atoms with E-state index in [2.05, 4.69) is 22.1 Å². The summed E-state index contributed by atoms with van der Waals surface area (Å²) in [5, 5.41) is 12.9. The number of carboxylic acid groups (broad SMARTS) is 1. The van der Waals surface area contributed by atoms with Gasteiger partial charge in [-0.15, -0.1) is 0 Å². The minimum absolute atomic E-state index is 0.223. The fourth-order valence-electron chi connectivity index (χ4n) is 3.04. The second-order valence-corrected chi connectivity index (χ2v) is 5.82. The number of piperazine rings is 1. The van der Waals surface area contributed by atoms with E-state index in [0.29, 0.717) is 16.9 Å². The molecule has 0 bridgehead atoms. The van der Waals surface area contributed by atoms with Crippen LogP contribution in [0.15, 0.2) is 23.1 Å². The molecule has 2 heterocycles. The maximum absolute atomic E-state index is 12.3. The number of aromatic nitrogens is 1. The Hall–Kier alpha value is -2.34. The second kappa shape index (κ2) is 5.46. The van der Waals surface area contributed by atoms with Crippen molar-refractivity contribution in [2.45, 2.75) is 19.9 Å². The van der Waals surface area contributed by atoms with Crippen LogP contribution in [0.2, 0.25) is 0 Å². The number of hydrogen-bond acceptors (Lipinski definition) is 4. The highest BCUT2D eigenvalue weighted by Gasteiger charge is 2.18. The summed E-state index contributed by atoms with van der Waals surface area (Å²) in [7, 11) is 0. The third kappa shape index (κ3) is 2.46. The number of rotatable bonds is 2. The highest BCUT2D eigenvalue weighted by Crippen LogP contribution is 2.24. The molecule has 0 radical (unpaired) electrons. The molecule has 0 spiro atoms. The van der Waals surface area contributed by atoms with Crippen molar-refractivity contribution < 1.29 is 9.90 Å². The first-order chi connectivity index (χ1) is 10.5. The van der Waals surface area contributed by atoms with Crippen LogP contribution in [-0.2, 0) is 0 Å². The summed E-state index contributed by atoms with van der Waals surface area (Å²) >= 11 is 0. The normalized spacial score (nSPS) is 18.6. The number of anilines is 1. The smallest absolute Gasteiger partial charge is 0.341 e. The number of hydrogen-bond donors (Lipinski definition) is 3. The summed E-state index contributed by atoms with van der Waals surface area (Å²) in [6.45, 7) is 6.72. The Bertz CT molecular complexity index is 797. The quantitative estimate of drug-likeness (QED) is 0.779. The van der Waals surface area contributed by atoms with Crippen LogP contribution in [0.4, 0.5) is 5.69 Å². The molecule has 0 aliphatic carbocycles. The van der Waals surface area contributed by atoms with Crippen LogP contribution in [0, 0.1) is 6.92 Å². The predicted octanol–water partition coefficient (Wildman–Crippen LogP) is 1.33. The lowest BCUT2D eigenvalue weighted by atomic mass is 10.0. The van der Waals surface area contributed by atoms with Crippen molar-refractivity contribution in [1.29, 1.82) is 0 Å². The van der Waals surface area contributed by atoms with Gasteiger partial charge in [-0.25, -0.2) is 4.79 Å². The molecule has 1 aromatic heterocycles. The number of nitrogens with one attached hydrogen (secondary N) is 2. The largest absolute Gasteiger partial charge is 0.477 e. The van der Waals surface area contributed by atoms with Crippen LogP contribution in [-0.4, -0.2) is 41.7 Å². The van der Waals surface area contributed by atoms with Crippen molar-refractivity contribution in [1.82, 2.24) is 10.3 Å². The first-order valence-electron chi connectivity index (χ1n) is 7.35. The predicted molar refractivity (Wildman–Crippen MR) is 85.9 cm³/mol. The number of benzene rings is 1. The molecule has 22 heavy (non-hydrogen) atoms. The van der Waals surface area contributed by atoms with Gasteiger partial charge in [0.1, 0.15) is 5.56 Å². The van der Waals surface area contributed by atoms with Crippen molar-refractivity contribution in [3.63, 3.8) is 0 Å². The van der Waals surface area contributed by atoms with Gasteiger partial charge in [0, 0.05) is 42.9 Å². The number of H-pyrrole nitrogens is 1. The lowest BCUT2D eigenvalue weighted by molar-refractivity contribution is 0.0695. The number of carbonyl (C=O) groups is 1. The second-order valence-electron chi connectivity index (χ2n) is 5.82. The number of carboxylic acids is 1. The Labute approximate surface area is 127 Å². The zero-order valence-electron chi connectivity index (χ0n) is 12.6. The van der Waals surface area contributed by atoms with Gasteiger partial charge in [0.05, 0.1) is 5.52 Å². The molecule has 1 aliphatic rings. The third-order valence-electron chi connectivity index (χ3n) is 4.13. The molecule has 6 heteroatoms. The Balaban J connectivity index is 2.12. The molecule has 1 aromatic carbocycles. The highest BCUT2D eigenvalue weighted by molar-refractivity contribution is 5.94. The van der Waals surface area contributed by atoms with Crippen LogP contribution >= 0.6 is 0 Å². The van der Waals surface area contributed by atoms with Crippen molar-refractivity contribution in [2.24, 2.45) is 0 Å². The van der Waals surface area contributed by atoms with E-state index in [0.717, 1.165) is 30.9 Å². The van der Waals surface area contributed by atoms with E-state index >= 15 is 0 Å². The molecule has 0 amide bonds. The van der Waals surface area contributed by atoms with Gasteiger partial charge in [-0.2, -0.15) is 0 Å². The molecule has 1 fully saturated rings. The van der Waals surface area contributed by atoms with E-state index in [-0.39, 0.29) is 5.56 Å². The number of aromatic amines is 1. The van der Waals surface area contributed by atoms with Crippen molar-refractivity contribution in [3.8, 4) is 0 Å². The van der Waals surface area contributed by atoms with E-state index in [4.69, 9.17) is 5.11 Å². The van der Waals surface area contributed by atoms with Crippen molar-refractivity contribution in [2.75, 3.05) is 24.5 Å². The number of fused-ring (bicyclic) bond motifs is 1. The summed E-state index contributed by atoms with van der Waals surface area (Å²) in [5.41, 5.74) is 1.87. The fraction of sp³-hybridized carbons (Fsp3) is 0.375. The molecule has 1 aliphatic heterocycles. The first-order valence-corrected chi connectivity index (χ1v) is 7.35. The molecule has 116 valence electrons. The minimum atomic E-state index is -1.21. The minimum Gasteiger partial charge on any atom is -0.477 e. The zero-order valence-corrected chi connectivity index (χ0v) is 12.6. The molecule has 1 atom stereocenters. The monoisotopic (exact) mass is 301 g/mol. The van der Waals surface area contributed by atoms with Gasteiger partial charge in [-0.1, -0.05) is 0 Å². The summed E-state index contributed by atoms with van der Waals surface area (Å²) in [6.07, 6.45) is 1.27. The summed E-state index contributed by atoms with van der Waals surface area (Å²) in [6, 6.07) is 4.30. The maximum Gasteiger partial charge on any atom is 0.341 e. The van der Waals surface area contributed by atoms with Gasteiger partial charge >= 0.3 is 5.97 Å². The van der Waals surface area contributed by atoms with E-state index in [9.17, 15) is 9.59 Å². The SMILES string of the molecule is Cc1cc(N2CCNC(C)C2)cc2[nH]cc(C(=O)O)c(=O)c12. The molecular formula is C16H19N3O3. The van der Waals surface area contributed by atoms with Gasteiger partial charge in [0.2, 0.25) is 5.43 Å². The number of nitrogens with zero attached hydrogens (tertiary/aromatic N) is 1. The Morgan fingerprint density at radius 3 is 2.86 bits per heavy atom. The lowest BCUT2D eigenvalue weighted by Gasteiger charge is -2.34. The summed E-state index contributed by atoms with van der Waals surface area (Å²) in [4.78, 5) is 28.6. The van der Waals surface area contributed by atoms with Crippen LogP contribution in [0.5, 0.6) is 0 Å². The topological polar surface area (TPSA) is 85.4 Å². The molecule has 3 N–H and O–H groups in total. The van der Waals surface area contributed by atoms with E-state index in [1.807, 2.05) is 19.1 Å². The van der Waals surface area contributed by atoms with Crippen LogP contribution in [0.3, 0.4) is 0 Å². The van der Waals surface area contributed by atoms with Crippen molar-refractivity contribution in [3.05, 3.63) is 39.7 Å². The van der Waals surface area contributed by atoms with Crippen LogP contribution < -0.4 is 15.6 Å². The van der Waals surface area contributed by atoms with Gasteiger partial charge in [0.15, 0.2) is 0 Å². The Morgan fingerprint density at radius 2 is 2.18 bits per heavy atom. The standard InChI is InChI=1S/C16H19N3O3/c1-9-5-11(19-4-3-17-10(2)8-19)6-13-14(9)15(20)12(7-18-13)16(21)22/h5-7,10,17H,3-4,8H2,1-2H3,(H,18,20)(H,21,22). The molecule has 0 saturated carbocycles. The maximum atomic E-state index is 12.3. The van der Waals surface area contributed by atoms with E-state index < -0.39 is 11.4 Å². The fourth-order valence-corrected chi connectivity index (χ4v) is 3.04. The van der Waals surface area contributed by atoms with Gasteiger partial charge in [-0.3, -0.25) is 4.79 Å². The molecule has 3 rings (SSSR count). The molecule has 1 saturated heterocycles. The lowest BCUT2D eigenvalue weighted by Crippen LogP contribution is -2.49. The average Bonchev–Trinajstić information content (AvgIpc) is 2.46. The van der Waals surface area contributed by atoms with Crippen LogP contribution in [0.25, 0.3) is 10.9 Å². The van der Waals surface area contributed by atoms with E-state index in [1.54, 1.807) is 0 Å². The van der Waals surface area contributed by atoms with Gasteiger partial charge in [0.25, 0.3) is 0 Å². The third-order valence-corrected chi connectivity index (χ3v) is 4.13. The van der Waals surface area contributed by atoms with Crippen LogP contribution in [0.1, 0.15) is 22.8 Å². The summed E-state index contributed by atoms with van der Waals surface area (Å²) < 4.78 is 0. The highest BCUT2D eigenvalue weighted by atomic mass is 16.4. The molecule has 1 unspecified atom stereocenters. The Morgan fingerprint density at radius 1 is 1.41 bits per heavy atom. The Kier molecular flexibility index (Phi) is 3.62. The van der Waals surface area contributed by atoms with Gasteiger partial charge < -0.3 is 20.3 Å². The summed E-state index contributed by atoms with van der Waals surface area (Å²) in [5.74, 6) is -1.21. The molecule has 6 nitrogen and oxygen atoms in total. The number of aryl methyl sites for hydroxylation is 1. The number of pyridine rings is 1.